The molecule has 2 heterocycles. The number of aromatic nitrogens is 2. The first kappa shape index (κ1) is 12.3. The molecule has 3 rings (SSSR count). The number of benzene rings is 1. The van der Waals surface area contributed by atoms with Gasteiger partial charge < -0.3 is 5.73 Å². The van der Waals surface area contributed by atoms with E-state index in [1.165, 1.54) is 0 Å². The number of fused-ring (bicyclic) bond motifs is 1. The lowest BCUT2D eigenvalue weighted by Gasteiger charge is -2.15. The van der Waals surface area contributed by atoms with Crippen LogP contribution in [0.5, 0.6) is 0 Å². The molecule has 0 aliphatic heterocycles. The summed E-state index contributed by atoms with van der Waals surface area (Å²) in [6.45, 7) is 0. The van der Waals surface area contributed by atoms with E-state index >= 15 is 0 Å². The minimum Gasteiger partial charge on any atom is -0.319 e. The van der Waals surface area contributed by atoms with Crippen molar-refractivity contribution in [3.63, 3.8) is 0 Å². The lowest BCUT2D eigenvalue weighted by molar-refractivity contribution is 0.829. The minimum atomic E-state index is -0.262. The number of rotatable bonds is 2. The molecule has 0 aliphatic carbocycles. The molecule has 0 amide bonds. The fourth-order valence-corrected chi connectivity index (χ4v) is 2.69. The van der Waals surface area contributed by atoms with Crippen molar-refractivity contribution in [3.05, 3.63) is 70.7 Å². The molecule has 4 heteroatoms. The van der Waals surface area contributed by atoms with Crippen molar-refractivity contribution < 1.29 is 0 Å². The van der Waals surface area contributed by atoms with E-state index in [1.54, 1.807) is 12.4 Å². The first-order valence-electron chi connectivity index (χ1n) is 5.96. The number of pyridine rings is 2. The molecule has 1 aromatic carbocycles. The Morgan fingerprint density at radius 3 is 2.79 bits per heavy atom. The van der Waals surface area contributed by atoms with Crippen molar-refractivity contribution in [2.45, 2.75) is 6.04 Å². The van der Waals surface area contributed by atoms with Crippen LogP contribution < -0.4 is 5.73 Å². The Bertz CT molecular complexity index is 722. The fraction of sp³-hybridized carbons (Fsp3) is 0.0667. The van der Waals surface area contributed by atoms with Gasteiger partial charge in [0.1, 0.15) is 0 Å². The Hall–Kier alpha value is -1.78. The van der Waals surface area contributed by atoms with Gasteiger partial charge in [-0.05, 0) is 45.1 Å². The SMILES string of the molecule is NC(c1ncccc1Br)c1cccc2cnccc12. The number of nitrogens with zero attached hydrogens (tertiary/aromatic N) is 2. The molecule has 0 fully saturated rings. The molecule has 3 aromatic rings. The zero-order valence-electron chi connectivity index (χ0n) is 10.1. The quantitative estimate of drug-likeness (QED) is 0.788. The average Bonchev–Trinajstić information content (AvgIpc) is 2.46. The third-order valence-electron chi connectivity index (χ3n) is 3.13. The van der Waals surface area contributed by atoms with Crippen molar-refractivity contribution >= 4 is 26.7 Å². The number of hydrogen-bond acceptors (Lipinski definition) is 3. The maximum Gasteiger partial charge on any atom is 0.0758 e. The highest BCUT2D eigenvalue weighted by Gasteiger charge is 2.15. The number of halogens is 1. The molecule has 2 N–H and O–H groups in total. The molecular formula is C15H12BrN3. The van der Waals surface area contributed by atoms with Crippen LogP contribution in [0, 0.1) is 0 Å². The summed E-state index contributed by atoms with van der Waals surface area (Å²) in [6.07, 6.45) is 5.39. The van der Waals surface area contributed by atoms with Crippen LogP contribution in [-0.2, 0) is 0 Å². The van der Waals surface area contributed by atoms with Gasteiger partial charge in [-0.15, -0.1) is 0 Å². The maximum atomic E-state index is 6.37. The van der Waals surface area contributed by atoms with E-state index in [2.05, 4.69) is 25.9 Å². The Labute approximate surface area is 119 Å². The molecule has 0 bridgehead atoms. The van der Waals surface area contributed by atoms with Crippen LogP contribution in [0.3, 0.4) is 0 Å². The lowest BCUT2D eigenvalue weighted by Crippen LogP contribution is -2.14. The second-order valence-corrected chi connectivity index (χ2v) is 5.15. The Kier molecular flexibility index (Phi) is 3.27. The van der Waals surface area contributed by atoms with Crippen LogP contribution in [0.1, 0.15) is 17.3 Å². The Balaban J connectivity index is 2.17. The summed E-state index contributed by atoms with van der Waals surface area (Å²) < 4.78 is 0.925. The minimum absolute atomic E-state index is 0.262. The molecule has 1 atom stereocenters. The van der Waals surface area contributed by atoms with Gasteiger partial charge in [0.25, 0.3) is 0 Å². The van der Waals surface area contributed by atoms with Gasteiger partial charge in [0.05, 0.1) is 11.7 Å². The van der Waals surface area contributed by atoms with E-state index in [-0.39, 0.29) is 6.04 Å². The molecule has 0 spiro atoms. The largest absolute Gasteiger partial charge is 0.319 e. The number of hydrogen-bond donors (Lipinski definition) is 1. The fourth-order valence-electron chi connectivity index (χ4n) is 2.19. The summed E-state index contributed by atoms with van der Waals surface area (Å²) in [5.74, 6) is 0. The predicted molar refractivity (Wildman–Crippen MR) is 79.7 cm³/mol. The van der Waals surface area contributed by atoms with Gasteiger partial charge in [-0.25, -0.2) is 0 Å². The van der Waals surface area contributed by atoms with E-state index < -0.39 is 0 Å². The van der Waals surface area contributed by atoms with Crippen molar-refractivity contribution in [1.29, 1.82) is 0 Å². The van der Waals surface area contributed by atoms with Gasteiger partial charge >= 0.3 is 0 Å². The summed E-state index contributed by atoms with van der Waals surface area (Å²) in [7, 11) is 0. The molecule has 2 aromatic heterocycles. The molecule has 94 valence electrons. The second kappa shape index (κ2) is 5.07. The van der Waals surface area contributed by atoms with E-state index in [4.69, 9.17) is 5.73 Å². The van der Waals surface area contributed by atoms with Gasteiger partial charge in [-0.3, -0.25) is 9.97 Å². The molecular weight excluding hydrogens is 302 g/mol. The van der Waals surface area contributed by atoms with Crippen LogP contribution in [-0.4, -0.2) is 9.97 Å². The summed E-state index contributed by atoms with van der Waals surface area (Å²) in [5.41, 5.74) is 8.26. The standard InChI is InChI=1S/C15H12BrN3/c16-13-5-2-7-19-15(13)14(17)12-4-1-3-10-9-18-8-6-11(10)12/h1-9,14H,17H2. The van der Waals surface area contributed by atoms with Gasteiger partial charge in [0.15, 0.2) is 0 Å². The van der Waals surface area contributed by atoms with Crippen molar-refractivity contribution in [2.75, 3.05) is 0 Å². The number of nitrogens with two attached hydrogens (primary N) is 1. The van der Waals surface area contributed by atoms with Crippen LogP contribution in [0.25, 0.3) is 10.8 Å². The molecule has 3 nitrogen and oxygen atoms in total. The zero-order valence-corrected chi connectivity index (χ0v) is 11.7. The topological polar surface area (TPSA) is 51.8 Å². The monoisotopic (exact) mass is 313 g/mol. The van der Waals surface area contributed by atoms with Crippen molar-refractivity contribution in [1.82, 2.24) is 9.97 Å². The first-order valence-corrected chi connectivity index (χ1v) is 6.75. The van der Waals surface area contributed by atoms with Gasteiger partial charge in [0, 0.05) is 28.4 Å². The highest BCUT2D eigenvalue weighted by Crippen LogP contribution is 2.29. The van der Waals surface area contributed by atoms with Crippen molar-refractivity contribution in [2.24, 2.45) is 5.73 Å². The van der Waals surface area contributed by atoms with Crippen molar-refractivity contribution in [3.8, 4) is 0 Å². The van der Waals surface area contributed by atoms with Crippen LogP contribution in [0.2, 0.25) is 0 Å². The third-order valence-corrected chi connectivity index (χ3v) is 3.80. The van der Waals surface area contributed by atoms with E-state index in [9.17, 15) is 0 Å². The van der Waals surface area contributed by atoms with Gasteiger partial charge in [0.2, 0.25) is 0 Å². The third kappa shape index (κ3) is 2.25. The first-order chi connectivity index (χ1) is 9.27. The zero-order chi connectivity index (χ0) is 13.2. The summed E-state index contributed by atoms with van der Waals surface area (Å²) in [5, 5.41) is 2.20. The summed E-state index contributed by atoms with van der Waals surface area (Å²) in [6, 6.07) is 11.6. The van der Waals surface area contributed by atoms with Crippen LogP contribution in [0.4, 0.5) is 0 Å². The summed E-state index contributed by atoms with van der Waals surface area (Å²) in [4.78, 5) is 8.51. The Morgan fingerprint density at radius 2 is 1.95 bits per heavy atom. The lowest BCUT2D eigenvalue weighted by atomic mass is 9.98. The average molecular weight is 314 g/mol. The summed E-state index contributed by atoms with van der Waals surface area (Å²) >= 11 is 3.50. The highest BCUT2D eigenvalue weighted by molar-refractivity contribution is 9.10. The highest BCUT2D eigenvalue weighted by atomic mass is 79.9. The van der Waals surface area contributed by atoms with Gasteiger partial charge in [-0.1, -0.05) is 18.2 Å². The van der Waals surface area contributed by atoms with Gasteiger partial charge in [-0.2, -0.15) is 0 Å². The molecule has 19 heavy (non-hydrogen) atoms. The molecule has 0 saturated heterocycles. The molecule has 0 radical (unpaired) electrons. The van der Waals surface area contributed by atoms with Crippen LogP contribution >= 0.6 is 15.9 Å². The van der Waals surface area contributed by atoms with E-state index in [0.29, 0.717) is 0 Å². The maximum absolute atomic E-state index is 6.37. The van der Waals surface area contributed by atoms with E-state index in [0.717, 1.165) is 26.5 Å². The van der Waals surface area contributed by atoms with Crippen LogP contribution in [0.15, 0.2) is 59.5 Å². The predicted octanol–water partition coefficient (Wildman–Crippen LogP) is 3.44. The molecule has 1 unspecified atom stereocenters. The molecule has 0 aliphatic rings. The second-order valence-electron chi connectivity index (χ2n) is 4.29. The normalized spacial score (nSPS) is 12.5. The molecule has 0 saturated carbocycles. The smallest absolute Gasteiger partial charge is 0.0758 e. The Morgan fingerprint density at radius 1 is 1.05 bits per heavy atom. The van der Waals surface area contributed by atoms with E-state index in [1.807, 2.05) is 42.6 Å².